The van der Waals surface area contributed by atoms with Crippen LogP contribution in [0.25, 0.3) is 17.2 Å². The zero-order valence-electron chi connectivity index (χ0n) is 17.2. The van der Waals surface area contributed by atoms with Gasteiger partial charge in [-0.25, -0.2) is 14.4 Å². The molecule has 1 aromatic carbocycles. The molecule has 1 amide bonds. The molecule has 8 nitrogen and oxygen atoms in total. The molecule has 162 valence electrons. The number of ether oxygens (including phenoxy) is 1. The van der Waals surface area contributed by atoms with E-state index in [1.54, 1.807) is 35.0 Å². The van der Waals surface area contributed by atoms with Crippen molar-refractivity contribution in [2.24, 2.45) is 5.73 Å². The van der Waals surface area contributed by atoms with Crippen LogP contribution >= 0.6 is 0 Å². The van der Waals surface area contributed by atoms with Crippen molar-refractivity contribution in [3.63, 3.8) is 0 Å². The Bertz CT molecular complexity index is 1320. The molecule has 0 bridgehead atoms. The van der Waals surface area contributed by atoms with Gasteiger partial charge in [-0.2, -0.15) is 4.98 Å². The number of nitrogens with one attached hydrogen (secondary N) is 1. The molecule has 0 unspecified atom stereocenters. The van der Waals surface area contributed by atoms with E-state index in [2.05, 4.69) is 15.3 Å². The molecule has 32 heavy (non-hydrogen) atoms. The van der Waals surface area contributed by atoms with Crippen LogP contribution in [0.1, 0.15) is 34.3 Å². The molecule has 0 fully saturated rings. The fourth-order valence-corrected chi connectivity index (χ4v) is 3.86. The Labute approximate surface area is 183 Å². The number of hydrogen-bond acceptors (Lipinski definition) is 6. The van der Waals surface area contributed by atoms with Gasteiger partial charge in [-0.1, -0.05) is 12.1 Å². The first-order valence-corrected chi connectivity index (χ1v) is 10.4. The molecule has 0 spiro atoms. The topological polar surface area (TPSA) is 107 Å². The highest BCUT2D eigenvalue weighted by Crippen LogP contribution is 2.31. The van der Waals surface area contributed by atoms with Crippen LogP contribution in [-0.2, 0) is 13.0 Å². The van der Waals surface area contributed by atoms with Gasteiger partial charge in [0.1, 0.15) is 11.6 Å². The summed E-state index contributed by atoms with van der Waals surface area (Å²) in [6, 6.07) is 9.79. The number of carbonyl (C=O) groups is 1. The van der Waals surface area contributed by atoms with E-state index in [0.717, 1.165) is 30.4 Å². The molecule has 3 aromatic heterocycles. The van der Waals surface area contributed by atoms with Crippen LogP contribution in [0, 0.1) is 5.82 Å². The van der Waals surface area contributed by atoms with E-state index >= 15 is 0 Å². The number of pyridine rings is 1. The lowest BCUT2D eigenvalue weighted by Gasteiger charge is -2.14. The van der Waals surface area contributed by atoms with E-state index in [9.17, 15) is 9.18 Å². The number of anilines is 1. The highest BCUT2D eigenvalue weighted by molar-refractivity contribution is 5.99. The van der Waals surface area contributed by atoms with E-state index in [0.29, 0.717) is 47.6 Å². The number of hydrogen-bond donors (Lipinski definition) is 2. The van der Waals surface area contributed by atoms with Gasteiger partial charge in [-0.15, -0.1) is 0 Å². The van der Waals surface area contributed by atoms with E-state index in [1.165, 1.54) is 12.1 Å². The largest absolute Gasteiger partial charge is 0.477 e. The van der Waals surface area contributed by atoms with E-state index in [4.69, 9.17) is 15.5 Å². The maximum Gasteiger partial charge on any atom is 0.250 e. The zero-order valence-corrected chi connectivity index (χ0v) is 17.2. The normalized spacial score (nSPS) is 13.3. The highest BCUT2D eigenvalue weighted by Gasteiger charge is 2.21. The number of amides is 1. The Kier molecular flexibility index (Phi) is 5.14. The van der Waals surface area contributed by atoms with Gasteiger partial charge in [-0.3, -0.25) is 9.20 Å². The van der Waals surface area contributed by atoms with Crippen molar-refractivity contribution in [2.75, 3.05) is 11.9 Å². The third-order valence-corrected chi connectivity index (χ3v) is 5.41. The molecule has 5 rings (SSSR count). The Morgan fingerprint density at radius 2 is 2.12 bits per heavy atom. The summed E-state index contributed by atoms with van der Waals surface area (Å²) in [5.41, 5.74) is 8.12. The zero-order chi connectivity index (χ0) is 22.1. The van der Waals surface area contributed by atoms with Crippen LogP contribution in [0.15, 0.2) is 48.8 Å². The van der Waals surface area contributed by atoms with E-state index in [1.807, 2.05) is 6.07 Å². The molecule has 0 atom stereocenters. The Balaban J connectivity index is 1.58. The Hall–Kier alpha value is -4.01. The summed E-state index contributed by atoms with van der Waals surface area (Å²) in [6.07, 6.45) is 6.00. The minimum atomic E-state index is -0.536. The van der Waals surface area contributed by atoms with Crippen molar-refractivity contribution in [2.45, 2.75) is 25.8 Å². The number of primary amides is 1. The van der Waals surface area contributed by atoms with Gasteiger partial charge in [0.05, 0.1) is 29.4 Å². The standard InChI is InChI=1S/C23H21FN6O2/c24-15-6-3-5-14(11-15)12-26-20-17-7-1-2-10-32-23(17)29-21(28-20)22-27-13-18-16(19(25)31)8-4-9-30(18)22/h3-6,8-9,11,13H,1-2,7,10,12H2,(H2,25,31)(H,26,28,29). The van der Waals surface area contributed by atoms with Crippen molar-refractivity contribution in [1.29, 1.82) is 0 Å². The van der Waals surface area contributed by atoms with Crippen molar-refractivity contribution in [3.8, 4) is 17.5 Å². The first-order chi connectivity index (χ1) is 15.6. The molecule has 4 aromatic rings. The number of imidazole rings is 1. The summed E-state index contributed by atoms with van der Waals surface area (Å²) in [5, 5.41) is 3.32. The number of benzene rings is 1. The number of nitrogens with two attached hydrogens (primary N) is 1. The molecule has 3 N–H and O–H groups in total. The number of halogens is 1. The summed E-state index contributed by atoms with van der Waals surface area (Å²) in [5.74, 6) is 1.13. The monoisotopic (exact) mass is 432 g/mol. The van der Waals surface area contributed by atoms with Crippen LogP contribution in [0.5, 0.6) is 5.88 Å². The maximum absolute atomic E-state index is 13.6. The lowest BCUT2D eigenvalue weighted by Crippen LogP contribution is -2.12. The van der Waals surface area contributed by atoms with E-state index in [-0.39, 0.29) is 5.82 Å². The second-order valence-electron chi connectivity index (χ2n) is 7.59. The highest BCUT2D eigenvalue weighted by atomic mass is 19.1. The quantitative estimate of drug-likeness (QED) is 0.501. The van der Waals surface area contributed by atoms with Crippen molar-refractivity contribution in [1.82, 2.24) is 19.4 Å². The predicted molar refractivity (Wildman–Crippen MR) is 117 cm³/mol. The van der Waals surface area contributed by atoms with Crippen molar-refractivity contribution < 1.29 is 13.9 Å². The van der Waals surface area contributed by atoms with Crippen LogP contribution in [0.2, 0.25) is 0 Å². The molecule has 9 heteroatoms. The van der Waals surface area contributed by atoms with Gasteiger partial charge in [0, 0.05) is 12.7 Å². The molecule has 4 heterocycles. The molecule has 1 aliphatic heterocycles. The number of fused-ring (bicyclic) bond motifs is 2. The van der Waals surface area contributed by atoms with Crippen molar-refractivity contribution in [3.05, 3.63) is 71.3 Å². The maximum atomic E-state index is 13.6. The van der Waals surface area contributed by atoms with Gasteiger partial charge >= 0.3 is 0 Å². The summed E-state index contributed by atoms with van der Waals surface area (Å²) in [7, 11) is 0. The van der Waals surface area contributed by atoms with Crippen LogP contribution < -0.4 is 15.8 Å². The third kappa shape index (κ3) is 3.73. The number of nitrogens with zero attached hydrogens (tertiary/aromatic N) is 4. The smallest absolute Gasteiger partial charge is 0.250 e. The molecule has 0 saturated carbocycles. The summed E-state index contributed by atoms with van der Waals surface area (Å²) in [4.78, 5) is 25.6. The summed E-state index contributed by atoms with van der Waals surface area (Å²) in [6.45, 7) is 0.968. The average Bonchev–Trinajstić information content (AvgIpc) is 3.08. The summed E-state index contributed by atoms with van der Waals surface area (Å²) < 4.78 is 21.2. The van der Waals surface area contributed by atoms with Gasteiger partial charge < -0.3 is 15.8 Å². The Morgan fingerprint density at radius 3 is 2.97 bits per heavy atom. The van der Waals surface area contributed by atoms with E-state index < -0.39 is 5.91 Å². The third-order valence-electron chi connectivity index (χ3n) is 5.41. The first kappa shape index (κ1) is 19.9. The summed E-state index contributed by atoms with van der Waals surface area (Å²) >= 11 is 0. The molecule has 0 radical (unpaired) electrons. The van der Waals surface area contributed by atoms with Crippen LogP contribution in [0.3, 0.4) is 0 Å². The van der Waals surface area contributed by atoms with Gasteiger partial charge in [0.25, 0.3) is 5.91 Å². The fraction of sp³-hybridized carbons (Fsp3) is 0.217. The Morgan fingerprint density at radius 1 is 1.22 bits per heavy atom. The van der Waals surface area contributed by atoms with Crippen LogP contribution in [-0.4, -0.2) is 31.9 Å². The molecule has 1 aliphatic rings. The average molecular weight is 432 g/mol. The van der Waals surface area contributed by atoms with Gasteiger partial charge in [-0.05, 0) is 49.1 Å². The number of rotatable bonds is 5. The van der Waals surface area contributed by atoms with Gasteiger partial charge in [0.2, 0.25) is 11.7 Å². The first-order valence-electron chi connectivity index (χ1n) is 10.4. The lowest BCUT2D eigenvalue weighted by molar-refractivity contribution is 0.100. The van der Waals surface area contributed by atoms with Crippen LogP contribution in [0.4, 0.5) is 10.2 Å². The predicted octanol–water partition coefficient (Wildman–Crippen LogP) is 3.36. The SMILES string of the molecule is NC(=O)c1cccn2c(-c3nc(NCc4cccc(F)c4)c4c(n3)OCCCC4)ncc12. The minimum Gasteiger partial charge on any atom is -0.477 e. The molecular formula is C23H21FN6O2. The van der Waals surface area contributed by atoms with Gasteiger partial charge in [0.15, 0.2) is 5.82 Å². The molecule has 0 saturated heterocycles. The number of aromatic nitrogens is 4. The minimum absolute atomic E-state index is 0.288. The second-order valence-corrected chi connectivity index (χ2v) is 7.59. The fourth-order valence-electron chi connectivity index (χ4n) is 3.86. The van der Waals surface area contributed by atoms with Crippen molar-refractivity contribution >= 4 is 17.2 Å². The second kappa shape index (κ2) is 8.26. The lowest BCUT2D eigenvalue weighted by atomic mass is 10.1. The molecular weight excluding hydrogens is 411 g/mol. The molecule has 0 aliphatic carbocycles. The number of carbonyl (C=O) groups excluding carboxylic acids is 1.